The molecule has 0 amide bonds. The lowest BCUT2D eigenvalue weighted by atomic mass is 9.95. The summed E-state index contributed by atoms with van der Waals surface area (Å²) in [5.74, 6) is -0.610. The molecule has 2 heterocycles. The molecule has 0 unspecified atom stereocenters. The van der Waals surface area contributed by atoms with E-state index in [0.29, 0.717) is 5.92 Å². The van der Waals surface area contributed by atoms with E-state index in [4.69, 9.17) is 5.11 Å². The number of nitrogens with one attached hydrogen (secondary N) is 1. The van der Waals surface area contributed by atoms with Gasteiger partial charge in [0.2, 0.25) is 0 Å². The highest BCUT2D eigenvalue weighted by Gasteiger charge is 2.17. The molecule has 0 aromatic carbocycles. The topological polar surface area (TPSA) is 75.1 Å². The van der Waals surface area contributed by atoms with Gasteiger partial charge in [-0.05, 0) is 25.9 Å². The Bertz CT molecular complexity index is 344. The predicted octanol–water partition coefficient (Wildman–Crippen LogP) is 0.642. The first-order valence-electron chi connectivity index (χ1n) is 5.03. The number of carbonyl (C=O) groups is 1. The molecule has 1 aliphatic heterocycles. The second-order valence-corrected chi connectivity index (χ2v) is 3.66. The zero-order chi connectivity index (χ0) is 10.7. The van der Waals surface area contributed by atoms with Crippen LogP contribution in [-0.2, 0) is 0 Å². The molecular formula is C10H13N3O2. The average molecular weight is 207 g/mol. The molecule has 1 saturated heterocycles. The Morgan fingerprint density at radius 2 is 2.07 bits per heavy atom. The Morgan fingerprint density at radius 1 is 1.33 bits per heavy atom. The zero-order valence-corrected chi connectivity index (χ0v) is 8.31. The summed E-state index contributed by atoms with van der Waals surface area (Å²) in [6, 6.07) is 0. The van der Waals surface area contributed by atoms with E-state index in [1.807, 2.05) is 0 Å². The minimum absolute atomic E-state index is 0.00712. The van der Waals surface area contributed by atoms with Crippen molar-refractivity contribution in [3.63, 3.8) is 0 Å². The summed E-state index contributed by atoms with van der Waals surface area (Å²) in [6.45, 7) is 1.99. The standard InChI is InChI=1S/C10H13N3O2/c14-10(15)9-6-12-8(5-13-9)7-1-3-11-4-2-7/h5-7,11H,1-4H2,(H,14,15). The maximum atomic E-state index is 10.6. The Labute approximate surface area is 87.6 Å². The lowest BCUT2D eigenvalue weighted by Gasteiger charge is -2.21. The highest BCUT2D eigenvalue weighted by molar-refractivity contribution is 5.84. The molecule has 1 aromatic heterocycles. The number of piperidine rings is 1. The van der Waals surface area contributed by atoms with Crippen molar-refractivity contribution in [2.75, 3.05) is 13.1 Å². The van der Waals surface area contributed by atoms with Crippen LogP contribution in [0, 0.1) is 0 Å². The van der Waals surface area contributed by atoms with Crippen molar-refractivity contribution >= 4 is 5.97 Å². The Kier molecular flexibility index (Phi) is 2.91. The van der Waals surface area contributed by atoms with Gasteiger partial charge in [0.1, 0.15) is 0 Å². The summed E-state index contributed by atoms with van der Waals surface area (Å²) in [4.78, 5) is 18.6. The van der Waals surface area contributed by atoms with Crippen molar-refractivity contribution < 1.29 is 9.90 Å². The van der Waals surface area contributed by atoms with E-state index in [-0.39, 0.29) is 5.69 Å². The molecule has 0 radical (unpaired) electrons. The van der Waals surface area contributed by atoms with Gasteiger partial charge in [-0.15, -0.1) is 0 Å². The third-order valence-corrected chi connectivity index (χ3v) is 2.65. The van der Waals surface area contributed by atoms with Gasteiger partial charge in [0.05, 0.1) is 11.9 Å². The second-order valence-electron chi connectivity index (χ2n) is 3.66. The van der Waals surface area contributed by atoms with E-state index in [0.717, 1.165) is 31.6 Å². The Morgan fingerprint density at radius 3 is 2.60 bits per heavy atom. The predicted molar refractivity (Wildman–Crippen MR) is 53.8 cm³/mol. The van der Waals surface area contributed by atoms with Crippen molar-refractivity contribution in [3.05, 3.63) is 23.8 Å². The summed E-state index contributed by atoms with van der Waals surface area (Å²) in [5, 5.41) is 11.9. The second kappa shape index (κ2) is 4.35. The monoisotopic (exact) mass is 207 g/mol. The highest BCUT2D eigenvalue weighted by Crippen LogP contribution is 2.22. The van der Waals surface area contributed by atoms with Crippen LogP contribution in [0.15, 0.2) is 12.4 Å². The van der Waals surface area contributed by atoms with Crippen LogP contribution >= 0.6 is 0 Å². The highest BCUT2D eigenvalue weighted by atomic mass is 16.4. The van der Waals surface area contributed by atoms with E-state index >= 15 is 0 Å². The molecule has 2 N–H and O–H groups in total. The molecule has 0 atom stereocenters. The number of carboxylic acid groups (broad SMARTS) is 1. The summed E-state index contributed by atoms with van der Waals surface area (Å²) in [7, 11) is 0. The van der Waals surface area contributed by atoms with Gasteiger partial charge in [-0.1, -0.05) is 0 Å². The number of aromatic nitrogens is 2. The largest absolute Gasteiger partial charge is 0.476 e. The maximum Gasteiger partial charge on any atom is 0.356 e. The number of rotatable bonds is 2. The van der Waals surface area contributed by atoms with Gasteiger partial charge in [-0.25, -0.2) is 9.78 Å². The Balaban J connectivity index is 2.11. The fourth-order valence-electron chi connectivity index (χ4n) is 1.78. The number of hydrogen-bond acceptors (Lipinski definition) is 4. The van der Waals surface area contributed by atoms with Crippen LogP contribution in [0.5, 0.6) is 0 Å². The number of hydrogen-bond donors (Lipinski definition) is 2. The molecule has 1 fully saturated rings. The molecule has 0 spiro atoms. The molecule has 1 aromatic rings. The smallest absolute Gasteiger partial charge is 0.356 e. The third-order valence-electron chi connectivity index (χ3n) is 2.65. The molecule has 0 bridgehead atoms. The maximum absolute atomic E-state index is 10.6. The fraction of sp³-hybridized carbons (Fsp3) is 0.500. The first-order valence-corrected chi connectivity index (χ1v) is 5.03. The van der Waals surface area contributed by atoms with Gasteiger partial charge in [-0.3, -0.25) is 4.98 Å². The van der Waals surface area contributed by atoms with E-state index in [1.165, 1.54) is 6.20 Å². The molecule has 1 aliphatic rings. The van der Waals surface area contributed by atoms with Crippen LogP contribution in [-0.4, -0.2) is 34.1 Å². The lowest BCUT2D eigenvalue weighted by molar-refractivity contribution is 0.0690. The van der Waals surface area contributed by atoms with Crippen molar-refractivity contribution in [1.29, 1.82) is 0 Å². The van der Waals surface area contributed by atoms with Gasteiger partial charge in [0, 0.05) is 12.1 Å². The van der Waals surface area contributed by atoms with E-state index < -0.39 is 5.97 Å². The zero-order valence-electron chi connectivity index (χ0n) is 8.31. The number of nitrogens with zero attached hydrogens (tertiary/aromatic N) is 2. The quantitative estimate of drug-likeness (QED) is 0.744. The molecule has 5 heteroatoms. The lowest BCUT2D eigenvalue weighted by Crippen LogP contribution is -2.27. The van der Waals surface area contributed by atoms with Crippen LogP contribution in [0.3, 0.4) is 0 Å². The van der Waals surface area contributed by atoms with Gasteiger partial charge in [0.15, 0.2) is 5.69 Å². The molecule has 0 aliphatic carbocycles. The summed E-state index contributed by atoms with van der Waals surface area (Å²) >= 11 is 0. The van der Waals surface area contributed by atoms with Crippen molar-refractivity contribution in [3.8, 4) is 0 Å². The summed E-state index contributed by atoms with van der Waals surface area (Å²) in [6.07, 6.45) is 5.00. The molecule has 0 saturated carbocycles. The third kappa shape index (κ3) is 2.30. The van der Waals surface area contributed by atoms with E-state index in [1.54, 1.807) is 6.20 Å². The van der Waals surface area contributed by atoms with Crippen LogP contribution in [0.4, 0.5) is 0 Å². The van der Waals surface area contributed by atoms with Crippen molar-refractivity contribution in [1.82, 2.24) is 15.3 Å². The average Bonchev–Trinajstić information content (AvgIpc) is 2.30. The summed E-state index contributed by atoms with van der Waals surface area (Å²) in [5.41, 5.74) is 0.911. The number of aromatic carboxylic acids is 1. The fourth-order valence-corrected chi connectivity index (χ4v) is 1.78. The van der Waals surface area contributed by atoms with Crippen LogP contribution in [0.25, 0.3) is 0 Å². The van der Waals surface area contributed by atoms with E-state index in [9.17, 15) is 4.79 Å². The van der Waals surface area contributed by atoms with Gasteiger partial charge in [0.25, 0.3) is 0 Å². The van der Waals surface area contributed by atoms with Crippen LogP contribution in [0.2, 0.25) is 0 Å². The van der Waals surface area contributed by atoms with Crippen LogP contribution < -0.4 is 5.32 Å². The van der Waals surface area contributed by atoms with Crippen molar-refractivity contribution in [2.24, 2.45) is 0 Å². The molecule has 80 valence electrons. The van der Waals surface area contributed by atoms with Gasteiger partial charge < -0.3 is 10.4 Å². The minimum atomic E-state index is -1.03. The first-order chi connectivity index (χ1) is 7.27. The SMILES string of the molecule is O=C(O)c1cnc(C2CCNCC2)cn1. The van der Waals surface area contributed by atoms with Gasteiger partial charge >= 0.3 is 5.97 Å². The van der Waals surface area contributed by atoms with E-state index in [2.05, 4.69) is 15.3 Å². The first kappa shape index (κ1) is 10.0. The molecule has 15 heavy (non-hydrogen) atoms. The molecule has 2 rings (SSSR count). The molecular weight excluding hydrogens is 194 g/mol. The normalized spacial score (nSPS) is 17.6. The Hall–Kier alpha value is -1.49. The van der Waals surface area contributed by atoms with Crippen molar-refractivity contribution in [2.45, 2.75) is 18.8 Å². The number of carboxylic acids is 1. The summed E-state index contributed by atoms with van der Waals surface area (Å²) < 4.78 is 0. The minimum Gasteiger partial charge on any atom is -0.476 e. The van der Waals surface area contributed by atoms with Gasteiger partial charge in [-0.2, -0.15) is 0 Å². The van der Waals surface area contributed by atoms with Crippen LogP contribution in [0.1, 0.15) is 34.9 Å². The molecule has 5 nitrogen and oxygen atoms in total.